The molecule has 0 spiro atoms. The molecule has 1 aromatic carbocycles. The van der Waals surface area contributed by atoms with Gasteiger partial charge in [-0.25, -0.2) is 4.39 Å². The molecule has 23 heavy (non-hydrogen) atoms. The maximum atomic E-state index is 13.9. The second-order valence-electron chi connectivity index (χ2n) is 5.51. The Labute approximate surface area is 142 Å². The van der Waals surface area contributed by atoms with E-state index in [2.05, 4.69) is 5.32 Å². The van der Waals surface area contributed by atoms with E-state index in [1.54, 1.807) is 13.2 Å². The van der Waals surface area contributed by atoms with Gasteiger partial charge in [-0.1, -0.05) is 6.42 Å². The number of benzene rings is 1. The van der Waals surface area contributed by atoms with Gasteiger partial charge < -0.3 is 20.5 Å². The predicted octanol–water partition coefficient (Wildman–Crippen LogP) is 2.59. The number of nitrogens with one attached hydrogen (secondary N) is 1. The average Bonchev–Trinajstić information content (AvgIpc) is 2.98. The molecule has 0 unspecified atom stereocenters. The molecule has 0 bridgehead atoms. The summed E-state index contributed by atoms with van der Waals surface area (Å²) in [7, 11) is 1.55. The van der Waals surface area contributed by atoms with E-state index < -0.39 is 5.82 Å². The van der Waals surface area contributed by atoms with Crippen molar-refractivity contribution in [3.8, 4) is 5.75 Å². The number of carbonyl (C=O) groups excluding carboxylic acids is 1. The van der Waals surface area contributed by atoms with Crippen LogP contribution in [0, 0.1) is 17.7 Å². The third-order valence-corrected chi connectivity index (χ3v) is 4.04. The number of nitrogens with two attached hydrogens (primary N) is 1. The van der Waals surface area contributed by atoms with Gasteiger partial charge in [-0.3, -0.25) is 4.79 Å². The number of amides is 1. The van der Waals surface area contributed by atoms with Crippen LogP contribution in [0.5, 0.6) is 5.75 Å². The third kappa shape index (κ3) is 5.34. The molecule has 1 aliphatic carbocycles. The van der Waals surface area contributed by atoms with Crippen LogP contribution in [0.1, 0.15) is 19.3 Å². The summed E-state index contributed by atoms with van der Waals surface area (Å²) in [5, 5.41) is 2.77. The van der Waals surface area contributed by atoms with Crippen molar-refractivity contribution in [3.05, 3.63) is 24.0 Å². The van der Waals surface area contributed by atoms with Crippen molar-refractivity contribution in [1.82, 2.24) is 0 Å². The highest BCUT2D eigenvalue weighted by Gasteiger charge is 2.31. The highest BCUT2D eigenvalue weighted by atomic mass is 35.5. The zero-order chi connectivity index (χ0) is 15.9. The molecule has 2 rings (SSSR count). The molecule has 1 fully saturated rings. The fourth-order valence-electron chi connectivity index (χ4n) is 2.83. The molecule has 5 nitrogen and oxygen atoms in total. The molecule has 130 valence electrons. The van der Waals surface area contributed by atoms with E-state index in [0.717, 1.165) is 19.3 Å². The van der Waals surface area contributed by atoms with E-state index in [1.807, 2.05) is 0 Å². The molecule has 7 heteroatoms. The normalized spacial score (nSPS) is 20.0. The molecule has 2 atom stereocenters. The van der Waals surface area contributed by atoms with Crippen molar-refractivity contribution >= 4 is 24.0 Å². The standard InChI is InChI=1S/C16H23FN2O3.ClH/c1-21-7-8-22-15-6-5-12(9-14(15)17)19-16(20)13-4-2-3-11(13)10-18;/h5-6,9,11,13H,2-4,7-8,10,18H2,1H3,(H,19,20);1H/t11-,13-;/m1./s1. The van der Waals surface area contributed by atoms with Crippen molar-refractivity contribution in [2.75, 3.05) is 32.2 Å². The Hall–Kier alpha value is -1.37. The molecule has 1 aliphatic rings. The number of ether oxygens (including phenoxy) is 2. The zero-order valence-electron chi connectivity index (χ0n) is 13.2. The number of hydrogen-bond acceptors (Lipinski definition) is 4. The largest absolute Gasteiger partial charge is 0.488 e. The van der Waals surface area contributed by atoms with Gasteiger partial charge in [0.15, 0.2) is 11.6 Å². The summed E-state index contributed by atoms with van der Waals surface area (Å²) in [6, 6.07) is 4.41. The molecule has 1 aromatic rings. The Balaban J connectivity index is 0.00000264. The van der Waals surface area contributed by atoms with Crippen LogP contribution in [-0.4, -0.2) is 32.8 Å². The lowest BCUT2D eigenvalue weighted by atomic mass is 9.95. The number of carbonyl (C=O) groups is 1. The summed E-state index contributed by atoms with van der Waals surface area (Å²) in [5.74, 6) is -0.293. The molecule has 1 amide bonds. The van der Waals surface area contributed by atoms with Crippen LogP contribution in [0.4, 0.5) is 10.1 Å². The third-order valence-electron chi connectivity index (χ3n) is 4.04. The zero-order valence-corrected chi connectivity index (χ0v) is 14.0. The molecule has 0 heterocycles. The van der Waals surface area contributed by atoms with Gasteiger partial charge >= 0.3 is 0 Å². The van der Waals surface area contributed by atoms with E-state index in [9.17, 15) is 9.18 Å². The SMILES string of the molecule is COCCOc1ccc(NC(=O)[C@@H]2CCC[C@@H]2CN)cc1F.Cl. The Morgan fingerprint density at radius 1 is 1.39 bits per heavy atom. The van der Waals surface area contributed by atoms with Crippen LogP contribution in [-0.2, 0) is 9.53 Å². The van der Waals surface area contributed by atoms with Crippen molar-refractivity contribution in [2.45, 2.75) is 19.3 Å². The highest BCUT2D eigenvalue weighted by Crippen LogP contribution is 2.32. The molecule has 0 aliphatic heterocycles. The van der Waals surface area contributed by atoms with Crippen LogP contribution < -0.4 is 15.8 Å². The van der Waals surface area contributed by atoms with Gasteiger partial charge in [0.25, 0.3) is 0 Å². The van der Waals surface area contributed by atoms with Gasteiger partial charge in [0, 0.05) is 24.8 Å². The first-order valence-corrected chi connectivity index (χ1v) is 7.58. The van der Waals surface area contributed by atoms with E-state index >= 15 is 0 Å². The quantitative estimate of drug-likeness (QED) is 0.744. The molecule has 0 saturated heterocycles. The first kappa shape index (κ1) is 19.7. The molecule has 0 radical (unpaired) electrons. The van der Waals surface area contributed by atoms with Crippen molar-refractivity contribution < 1.29 is 18.7 Å². The summed E-state index contributed by atoms with van der Waals surface area (Å²) in [4.78, 5) is 12.3. The highest BCUT2D eigenvalue weighted by molar-refractivity contribution is 5.93. The predicted molar refractivity (Wildman–Crippen MR) is 89.5 cm³/mol. The average molecular weight is 347 g/mol. The van der Waals surface area contributed by atoms with Gasteiger partial charge in [-0.2, -0.15) is 0 Å². The lowest BCUT2D eigenvalue weighted by Crippen LogP contribution is -2.29. The monoisotopic (exact) mass is 346 g/mol. The smallest absolute Gasteiger partial charge is 0.227 e. The van der Waals surface area contributed by atoms with Crippen molar-refractivity contribution in [3.63, 3.8) is 0 Å². The Morgan fingerprint density at radius 2 is 2.17 bits per heavy atom. The lowest BCUT2D eigenvalue weighted by Gasteiger charge is -2.17. The number of hydrogen-bond donors (Lipinski definition) is 2. The molecule has 3 N–H and O–H groups in total. The maximum absolute atomic E-state index is 13.9. The summed E-state index contributed by atoms with van der Waals surface area (Å²) in [5.41, 5.74) is 6.13. The van der Waals surface area contributed by atoms with Gasteiger partial charge in [0.2, 0.25) is 5.91 Å². The van der Waals surface area contributed by atoms with Gasteiger partial charge in [-0.05, 0) is 37.4 Å². The fourth-order valence-corrected chi connectivity index (χ4v) is 2.83. The Morgan fingerprint density at radius 3 is 2.83 bits per heavy atom. The minimum absolute atomic E-state index is 0. The molecular weight excluding hydrogens is 323 g/mol. The van der Waals surface area contributed by atoms with E-state index in [-0.39, 0.29) is 42.5 Å². The molecular formula is C16H24ClFN2O3. The van der Waals surface area contributed by atoms with E-state index in [1.165, 1.54) is 12.1 Å². The first-order chi connectivity index (χ1) is 10.7. The van der Waals surface area contributed by atoms with Crippen LogP contribution in [0.25, 0.3) is 0 Å². The van der Waals surface area contributed by atoms with E-state index in [0.29, 0.717) is 18.8 Å². The minimum Gasteiger partial charge on any atom is -0.488 e. The number of anilines is 1. The van der Waals surface area contributed by atoms with Crippen LogP contribution in [0.15, 0.2) is 18.2 Å². The Bertz CT molecular complexity index is 516. The van der Waals surface area contributed by atoms with Gasteiger partial charge in [0.1, 0.15) is 6.61 Å². The first-order valence-electron chi connectivity index (χ1n) is 7.58. The minimum atomic E-state index is -0.504. The Kier molecular flexibility index (Phi) is 8.30. The molecule has 1 saturated carbocycles. The summed E-state index contributed by atoms with van der Waals surface area (Å²) < 4.78 is 24.0. The maximum Gasteiger partial charge on any atom is 0.227 e. The van der Waals surface area contributed by atoms with Crippen LogP contribution >= 0.6 is 12.4 Å². The van der Waals surface area contributed by atoms with Crippen LogP contribution in [0.3, 0.4) is 0 Å². The number of rotatable bonds is 7. The second kappa shape index (κ2) is 9.70. The van der Waals surface area contributed by atoms with Gasteiger partial charge in [0.05, 0.1) is 6.61 Å². The molecule has 0 aromatic heterocycles. The fraction of sp³-hybridized carbons (Fsp3) is 0.562. The van der Waals surface area contributed by atoms with Crippen molar-refractivity contribution in [1.29, 1.82) is 0 Å². The van der Waals surface area contributed by atoms with Crippen LogP contribution in [0.2, 0.25) is 0 Å². The number of methoxy groups -OCH3 is 1. The topological polar surface area (TPSA) is 73.6 Å². The van der Waals surface area contributed by atoms with E-state index in [4.69, 9.17) is 15.2 Å². The summed E-state index contributed by atoms with van der Waals surface area (Å²) in [6.07, 6.45) is 2.84. The number of halogens is 2. The lowest BCUT2D eigenvalue weighted by molar-refractivity contribution is -0.120. The van der Waals surface area contributed by atoms with Gasteiger partial charge in [-0.15, -0.1) is 12.4 Å². The summed E-state index contributed by atoms with van der Waals surface area (Å²) in [6.45, 7) is 1.18. The second-order valence-corrected chi connectivity index (χ2v) is 5.51. The summed E-state index contributed by atoms with van der Waals surface area (Å²) >= 11 is 0. The van der Waals surface area contributed by atoms with Crippen molar-refractivity contribution in [2.24, 2.45) is 17.6 Å².